The third-order valence-corrected chi connectivity index (χ3v) is 3.24. The summed E-state index contributed by atoms with van der Waals surface area (Å²) in [5, 5.41) is 8.24. The fourth-order valence-corrected chi connectivity index (χ4v) is 2.00. The summed E-state index contributed by atoms with van der Waals surface area (Å²) in [6.07, 6.45) is 11.1. The SMILES string of the molecule is c1cnc(-c2noc(-c3cnn(CC4CC4)c3)n2)cn1. The van der Waals surface area contributed by atoms with Crippen LogP contribution in [0.4, 0.5) is 0 Å². The molecule has 3 aromatic rings. The highest BCUT2D eigenvalue weighted by atomic mass is 16.5. The summed E-state index contributed by atoms with van der Waals surface area (Å²) in [5.74, 6) is 1.66. The zero-order chi connectivity index (χ0) is 13.4. The lowest BCUT2D eigenvalue weighted by atomic mass is 10.3. The van der Waals surface area contributed by atoms with Crippen LogP contribution in [0.5, 0.6) is 0 Å². The van der Waals surface area contributed by atoms with Crippen LogP contribution >= 0.6 is 0 Å². The number of hydrogen-bond acceptors (Lipinski definition) is 6. The van der Waals surface area contributed by atoms with Crippen molar-refractivity contribution in [1.82, 2.24) is 29.9 Å². The molecule has 0 atom stereocenters. The van der Waals surface area contributed by atoms with Gasteiger partial charge in [0.05, 0.1) is 18.0 Å². The van der Waals surface area contributed by atoms with Crippen molar-refractivity contribution < 1.29 is 4.52 Å². The van der Waals surface area contributed by atoms with Crippen molar-refractivity contribution in [2.45, 2.75) is 19.4 Å². The number of rotatable bonds is 4. The second-order valence-electron chi connectivity index (χ2n) is 4.91. The predicted molar refractivity (Wildman–Crippen MR) is 69.3 cm³/mol. The highest BCUT2D eigenvalue weighted by molar-refractivity contribution is 5.54. The Labute approximate surface area is 114 Å². The second kappa shape index (κ2) is 4.52. The molecule has 20 heavy (non-hydrogen) atoms. The van der Waals surface area contributed by atoms with E-state index >= 15 is 0 Å². The van der Waals surface area contributed by atoms with Gasteiger partial charge in [-0.05, 0) is 18.8 Å². The minimum Gasteiger partial charge on any atom is -0.333 e. The van der Waals surface area contributed by atoms with Crippen molar-refractivity contribution in [2.75, 3.05) is 0 Å². The molecule has 1 aliphatic carbocycles. The molecule has 0 saturated heterocycles. The molecule has 1 fully saturated rings. The lowest BCUT2D eigenvalue weighted by Crippen LogP contribution is -1.98. The van der Waals surface area contributed by atoms with Crippen molar-refractivity contribution >= 4 is 0 Å². The lowest BCUT2D eigenvalue weighted by molar-refractivity contribution is 0.432. The molecule has 0 aromatic carbocycles. The number of aromatic nitrogens is 6. The Hall–Kier alpha value is -2.57. The molecule has 3 heterocycles. The van der Waals surface area contributed by atoms with E-state index in [9.17, 15) is 0 Å². The summed E-state index contributed by atoms with van der Waals surface area (Å²) < 4.78 is 7.19. The predicted octanol–water partition coefficient (Wildman–Crippen LogP) is 1.80. The van der Waals surface area contributed by atoms with Gasteiger partial charge in [-0.25, -0.2) is 4.98 Å². The van der Waals surface area contributed by atoms with E-state index < -0.39 is 0 Å². The largest absolute Gasteiger partial charge is 0.333 e. The Kier molecular flexibility index (Phi) is 2.55. The van der Waals surface area contributed by atoms with Gasteiger partial charge < -0.3 is 4.52 Å². The standard InChI is InChI=1S/C13H12N6O/c1-2-9(1)7-19-8-10(5-16-19)13-17-12(18-20-13)11-6-14-3-4-15-11/h3-6,8-9H,1-2,7H2. The Bertz CT molecular complexity index is 715. The van der Waals surface area contributed by atoms with E-state index in [0.717, 1.165) is 18.0 Å². The van der Waals surface area contributed by atoms with Crippen LogP contribution in [-0.2, 0) is 6.54 Å². The minimum absolute atomic E-state index is 0.433. The van der Waals surface area contributed by atoms with Gasteiger partial charge in [-0.1, -0.05) is 5.16 Å². The van der Waals surface area contributed by atoms with Crippen molar-refractivity contribution in [3.05, 3.63) is 31.0 Å². The van der Waals surface area contributed by atoms with E-state index in [1.54, 1.807) is 24.8 Å². The highest BCUT2D eigenvalue weighted by Gasteiger charge is 2.22. The molecule has 0 unspecified atom stereocenters. The minimum atomic E-state index is 0.433. The molecule has 4 rings (SSSR count). The van der Waals surface area contributed by atoms with E-state index in [1.807, 2.05) is 10.9 Å². The monoisotopic (exact) mass is 268 g/mol. The summed E-state index contributed by atoms with van der Waals surface area (Å²) in [6.45, 7) is 0.963. The van der Waals surface area contributed by atoms with Crippen molar-refractivity contribution in [1.29, 1.82) is 0 Å². The van der Waals surface area contributed by atoms with Crippen LogP contribution in [0.25, 0.3) is 23.0 Å². The van der Waals surface area contributed by atoms with Crippen LogP contribution in [0.3, 0.4) is 0 Å². The zero-order valence-electron chi connectivity index (χ0n) is 10.7. The van der Waals surface area contributed by atoms with E-state index in [1.165, 1.54) is 12.8 Å². The molecule has 0 aliphatic heterocycles. The van der Waals surface area contributed by atoms with Gasteiger partial charge in [-0.2, -0.15) is 10.1 Å². The van der Waals surface area contributed by atoms with Gasteiger partial charge in [0, 0.05) is 25.1 Å². The van der Waals surface area contributed by atoms with Crippen molar-refractivity contribution in [3.63, 3.8) is 0 Å². The van der Waals surface area contributed by atoms with Crippen molar-refractivity contribution in [2.24, 2.45) is 5.92 Å². The van der Waals surface area contributed by atoms with Crippen LogP contribution in [0.2, 0.25) is 0 Å². The summed E-state index contributed by atoms with van der Waals surface area (Å²) >= 11 is 0. The first-order valence-corrected chi connectivity index (χ1v) is 6.51. The number of hydrogen-bond donors (Lipinski definition) is 0. The average molecular weight is 268 g/mol. The maximum Gasteiger partial charge on any atom is 0.261 e. The highest BCUT2D eigenvalue weighted by Crippen LogP contribution is 2.30. The maximum atomic E-state index is 5.26. The number of nitrogens with zero attached hydrogens (tertiary/aromatic N) is 6. The summed E-state index contributed by atoms with van der Waals surface area (Å²) in [5.41, 5.74) is 1.42. The second-order valence-corrected chi connectivity index (χ2v) is 4.91. The van der Waals surface area contributed by atoms with E-state index in [2.05, 4.69) is 25.2 Å². The first-order valence-electron chi connectivity index (χ1n) is 6.51. The lowest BCUT2D eigenvalue weighted by Gasteiger charge is -1.95. The molecular weight excluding hydrogens is 256 g/mol. The third-order valence-electron chi connectivity index (χ3n) is 3.24. The van der Waals surface area contributed by atoms with Crippen LogP contribution in [-0.4, -0.2) is 29.9 Å². The molecule has 0 bridgehead atoms. The molecule has 0 N–H and O–H groups in total. The third kappa shape index (κ3) is 2.18. The molecule has 100 valence electrons. The Morgan fingerprint density at radius 1 is 1.25 bits per heavy atom. The van der Waals surface area contributed by atoms with Gasteiger partial charge in [-0.15, -0.1) is 0 Å². The fourth-order valence-electron chi connectivity index (χ4n) is 2.00. The topological polar surface area (TPSA) is 82.5 Å². The van der Waals surface area contributed by atoms with Crippen LogP contribution in [0.1, 0.15) is 12.8 Å². The van der Waals surface area contributed by atoms with Crippen LogP contribution in [0, 0.1) is 5.92 Å². The van der Waals surface area contributed by atoms with E-state index in [0.29, 0.717) is 17.4 Å². The molecule has 3 aromatic heterocycles. The molecule has 1 saturated carbocycles. The van der Waals surface area contributed by atoms with Gasteiger partial charge in [0.1, 0.15) is 5.69 Å². The van der Waals surface area contributed by atoms with Gasteiger partial charge in [-0.3, -0.25) is 9.67 Å². The van der Waals surface area contributed by atoms with E-state index in [4.69, 9.17) is 4.52 Å². The first kappa shape index (κ1) is 11.3. The average Bonchev–Trinajstić information content (AvgIpc) is 2.99. The smallest absolute Gasteiger partial charge is 0.261 e. The molecular formula is C13H12N6O. The molecule has 0 amide bonds. The normalized spacial score (nSPS) is 14.6. The van der Waals surface area contributed by atoms with Gasteiger partial charge in [0.25, 0.3) is 5.89 Å². The molecule has 7 nitrogen and oxygen atoms in total. The first-order chi connectivity index (χ1) is 9.88. The van der Waals surface area contributed by atoms with Gasteiger partial charge in [0.2, 0.25) is 5.82 Å². The van der Waals surface area contributed by atoms with Crippen molar-refractivity contribution in [3.8, 4) is 23.0 Å². The summed E-state index contributed by atoms with van der Waals surface area (Å²) in [6, 6.07) is 0. The zero-order valence-corrected chi connectivity index (χ0v) is 10.7. The molecule has 1 aliphatic rings. The molecule has 7 heteroatoms. The van der Waals surface area contributed by atoms with Gasteiger partial charge in [0.15, 0.2) is 0 Å². The Morgan fingerprint density at radius 2 is 2.20 bits per heavy atom. The Balaban J connectivity index is 1.59. The van der Waals surface area contributed by atoms with E-state index in [-0.39, 0.29) is 0 Å². The molecule has 0 radical (unpaired) electrons. The van der Waals surface area contributed by atoms with Crippen LogP contribution < -0.4 is 0 Å². The summed E-state index contributed by atoms with van der Waals surface area (Å²) in [7, 11) is 0. The fraction of sp³-hybridized carbons (Fsp3) is 0.308. The maximum absolute atomic E-state index is 5.26. The van der Waals surface area contributed by atoms with Gasteiger partial charge >= 0.3 is 0 Å². The summed E-state index contributed by atoms with van der Waals surface area (Å²) in [4.78, 5) is 12.5. The quantitative estimate of drug-likeness (QED) is 0.717. The van der Waals surface area contributed by atoms with Crippen LogP contribution in [0.15, 0.2) is 35.5 Å². The Morgan fingerprint density at radius 3 is 3.00 bits per heavy atom. The molecule has 0 spiro atoms.